The Labute approximate surface area is 206 Å². The molecule has 1 aliphatic heterocycles. The standard InChI is InChI=1S/C31H34F3N/c32-13-4-14-35-18-23(19-35)15-22-9-11-25(12-10-22)29-27-7-2-1-5-24(27)6-3-8-28(29)26-16-30(17-26)20-31(33,34)21-30/h1-2,5,7,9-12,16,23H,3-4,6,8,13-15,17-21H2. The molecule has 0 unspecified atom stereocenters. The number of hydrogen-bond donors (Lipinski definition) is 0. The number of benzene rings is 2. The molecule has 0 N–H and O–H groups in total. The zero-order valence-electron chi connectivity index (χ0n) is 20.3. The van der Waals surface area contributed by atoms with Gasteiger partial charge in [0.1, 0.15) is 0 Å². The Hall–Kier alpha value is -2.33. The van der Waals surface area contributed by atoms with Crippen LogP contribution >= 0.6 is 0 Å². The summed E-state index contributed by atoms with van der Waals surface area (Å²) in [6.07, 6.45) is 7.86. The van der Waals surface area contributed by atoms with E-state index in [4.69, 9.17) is 0 Å². The number of rotatable bonds is 7. The minimum atomic E-state index is -2.48. The van der Waals surface area contributed by atoms with Crippen molar-refractivity contribution in [3.8, 4) is 0 Å². The number of hydrogen-bond acceptors (Lipinski definition) is 1. The summed E-state index contributed by atoms with van der Waals surface area (Å²) in [7, 11) is 0. The molecule has 2 aromatic carbocycles. The SMILES string of the molecule is FCCCN1CC(Cc2ccc(C3=C(C4=CC5(C4)CC(F)(F)C5)CCCc4ccccc43)cc2)C1. The van der Waals surface area contributed by atoms with Crippen LogP contribution in [0.4, 0.5) is 13.2 Å². The molecule has 35 heavy (non-hydrogen) atoms. The fourth-order valence-corrected chi connectivity index (χ4v) is 6.91. The number of halogens is 3. The van der Waals surface area contributed by atoms with Crippen molar-refractivity contribution >= 4 is 5.57 Å². The summed E-state index contributed by atoms with van der Waals surface area (Å²) < 4.78 is 39.6. The van der Waals surface area contributed by atoms with Crippen molar-refractivity contribution in [1.82, 2.24) is 4.90 Å². The summed E-state index contributed by atoms with van der Waals surface area (Å²) >= 11 is 0. The molecule has 0 bridgehead atoms. The predicted molar refractivity (Wildman–Crippen MR) is 135 cm³/mol. The highest BCUT2D eigenvalue weighted by atomic mass is 19.3. The second-order valence-electron chi connectivity index (χ2n) is 11.4. The molecule has 1 nitrogen and oxygen atoms in total. The molecule has 4 heteroatoms. The maximum atomic E-state index is 13.6. The van der Waals surface area contributed by atoms with E-state index in [-0.39, 0.29) is 24.9 Å². The normalized spacial score (nSPS) is 23.1. The Bertz CT molecular complexity index is 1150. The summed E-state index contributed by atoms with van der Waals surface area (Å²) in [5.74, 6) is -1.82. The van der Waals surface area contributed by atoms with E-state index in [1.165, 1.54) is 39.0 Å². The average molecular weight is 478 g/mol. The van der Waals surface area contributed by atoms with Gasteiger partial charge in [0.05, 0.1) is 6.67 Å². The van der Waals surface area contributed by atoms with E-state index in [0.29, 0.717) is 12.3 Å². The van der Waals surface area contributed by atoms with Crippen molar-refractivity contribution in [3.63, 3.8) is 0 Å². The van der Waals surface area contributed by atoms with Crippen molar-refractivity contribution in [2.45, 2.75) is 57.3 Å². The molecule has 0 radical (unpaired) electrons. The van der Waals surface area contributed by atoms with Gasteiger partial charge in [-0.05, 0) is 83.4 Å². The van der Waals surface area contributed by atoms with E-state index in [0.717, 1.165) is 51.7 Å². The van der Waals surface area contributed by atoms with Gasteiger partial charge in [-0.2, -0.15) is 0 Å². The fourth-order valence-electron chi connectivity index (χ4n) is 6.91. The number of allylic oxidation sites excluding steroid dienone is 3. The van der Waals surface area contributed by atoms with Crippen molar-refractivity contribution in [2.75, 3.05) is 26.3 Å². The Balaban J connectivity index is 1.26. The first-order chi connectivity index (χ1) is 16.9. The highest BCUT2D eigenvalue weighted by molar-refractivity contribution is 5.87. The second kappa shape index (κ2) is 8.96. The van der Waals surface area contributed by atoms with Gasteiger partial charge in [0.15, 0.2) is 0 Å². The van der Waals surface area contributed by atoms with E-state index in [2.05, 4.69) is 59.5 Å². The molecule has 1 spiro atoms. The topological polar surface area (TPSA) is 3.24 Å². The van der Waals surface area contributed by atoms with E-state index in [1.807, 2.05) is 0 Å². The van der Waals surface area contributed by atoms with Crippen LogP contribution in [0.1, 0.15) is 60.8 Å². The molecule has 2 aromatic rings. The zero-order valence-corrected chi connectivity index (χ0v) is 20.3. The zero-order chi connectivity index (χ0) is 24.0. The summed E-state index contributed by atoms with van der Waals surface area (Å²) in [6.45, 7) is 2.78. The highest BCUT2D eigenvalue weighted by Crippen LogP contribution is 2.63. The maximum absolute atomic E-state index is 13.6. The molecule has 1 heterocycles. The first kappa shape index (κ1) is 23.1. The Morgan fingerprint density at radius 2 is 1.69 bits per heavy atom. The van der Waals surface area contributed by atoms with Crippen LogP contribution in [0.3, 0.4) is 0 Å². The van der Waals surface area contributed by atoms with Gasteiger partial charge in [-0.3, -0.25) is 4.39 Å². The minimum absolute atomic E-state index is 0.0176. The molecule has 0 amide bonds. The Morgan fingerprint density at radius 3 is 2.40 bits per heavy atom. The van der Waals surface area contributed by atoms with Crippen LogP contribution in [0.25, 0.3) is 5.57 Å². The number of likely N-dealkylation sites (tertiary alicyclic amines) is 1. The van der Waals surface area contributed by atoms with E-state index >= 15 is 0 Å². The van der Waals surface area contributed by atoms with Gasteiger partial charge in [0.25, 0.3) is 0 Å². The molecular formula is C31H34F3N. The third-order valence-corrected chi connectivity index (χ3v) is 8.50. The van der Waals surface area contributed by atoms with Gasteiger partial charge in [0.2, 0.25) is 5.92 Å². The van der Waals surface area contributed by atoms with Crippen LogP contribution in [0.5, 0.6) is 0 Å². The fraction of sp³-hybridized carbons (Fsp3) is 0.484. The monoisotopic (exact) mass is 477 g/mol. The predicted octanol–water partition coefficient (Wildman–Crippen LogP) is 7.40. The highest BCUT2D eigenvalue weighted by Gasteiger charge is 2.58. The average Bonchev–Trinajstić information content (AvgIpc) is 2.97. The maximum Gasteiger partial charge on any atom is 0.249 e. The molecule has 2 fully saturated rings. The summed E-state index contributed by atoms with van der Waals surface area (Å²) in [4.78, 5) is 2.34. The number of alkyl halides is 3. The quantitative estimate of drug-likeness (QED) is 0.401. The van der Waals surface area contributed by atoms with E-state index in [1.54, 1.807) is 0 Å². The van der Waals surface area contributed by atoms with Crippen LogP contribution in [-0.2, 0) is 12.8 Å². The van der Waals surface area contributed by atoms with Crippen molar-refractivity contribution < 1.29 is 13.2 Å². The van der Waals surface area contributed by atoms with Crippen molar-refractivity contribution in [1.29, 1.82) is 0 Å². The number of aryl methyl sites for hydroxylation is 1. The Kier molecular flexibility index (Phi) is 5.91. The lowest BCUT2D eigenvalue weighted by Gasteiger charge is -2.52. The van der Waals surface area contributed by atoms with Crippen LogP contribution < -0.4 is 0 Å². The van der Waals surface area contributed by atoms with Crippen molar-refractivity contribution in [3.05, 3.63) is 88.0 Å². The third kappa shape index (κ3) is 4.50. The lowest BCUT2D eigenvalue weighted by atomic mass is 9.55. The van der Waals surface area contributed by atoms with E-state index < -0.39 is 5.92 Å². The minimum Gasteiger partial charge on any atom is -0.303 e. The summed E-state index contributed by atoms with van der Waals surface area (Å²) in [6, 6.07) is 17.8. The second-order valence-corrected chi connectivity index (χ2v) is 11.4. The molecule has 6 rings (SSSR count). The first-order valence-corrected chi connectivity index (χ1v) is 13.2. The van der Waals surface area contributed by atoms with Crippen LogP contribution in [0, 0.1) is 11.3 Å². The third-order valence-electron chi connectivity index (χ3n) is 8.50. The lowest BCUT2D eigenvalue weighted by Crippen LogP contribution is -2.48. The molecular weight excluding hydrogens is 443 g/mol. The molecule has 4 aliphatic rings. The lowest BCUT2D eigenvalue weighted by molar-refractivity contribution is -0.147. The smallest absolute Gasteiger partial charge is 0.249 e. The molecule has 0 aromatic heterocycles. The molecule has 184 valence electrons. The molecule has 0 atom stereocenters. The van der Waals surface area contributed by atoms with Crippen molar-refractivity contribution in [2.24, 2.45) is 11.3 Å². The largest absolute Gasteiger partial charge is 0.303 e. The van der Waals surface area contributed by atoms with Gasteiger partial charge in [-0.1, -0.05) is 54.6 Å². The summed E-state index contributed by atoms with van der Waals surface area (Å²) in [5, 5.41) is 0. The van der Waals surface area contributed by atoms with Crippen LogP contribution in [0.2, 0.25) is 0 Å². The summed E-state index contributed by atoms with van der Waals surface area (Å²) in [5.41, 5.74) is 8.98. The Morgan fingerprint density at radius 1 is 0.943 bits per heavy atom. The van der Waals surface area contributed by atoms with E-state index in [9.17, 15) is 13.2 Å². The van der Waals surface area contributed by atoms with Gasteiger partial charge in [0, 0.05) is 37.9 Å². The number of nitrogens with zero attached hydrogens (tertiary/aromatic N) is 1. The van der Waals surface area contributed by atoms with Gasteiger partial charge in [-0.25, -0.2) is 8.78 Å². The molecule has 3 aliphatic carbocycles. The first-order valence-electron chi connectivity index (χ1n) is 13.2. The van der Waals surface area contributed by atoms with Gasteiger partial charge >= 0.3 is 0 Å². The molecule has 1 saturated carbocycles. The van der Waals surface area contributed by atoms with Crippen LogP contribution in [0.15, 0.2) is 65.8 Å². The van der Waals surface area contributed by atoms with Crippen LogP contribution in [-0.4, -0.2) is 37.1 Å². The molecule has 1 saturated heterocycles. The van der Waals surface area contributed by atoms with Gasteiger partial charge < -0.3 is 4.90 Å². The van der Waals surface area contributed by atoms with Gasteiger partial charge in [-0.15, -0.1) is 0 Å². The number of fused-ring (bicyclic) bond motifs is 1.